The predicted octanol–water partition coefficient (Wildman–Crippen LogP) is 2.06. The van der Waals surface area contributed by atoms with Crippen LogP contribution in [-0.2, 0) is 6.54 Å². The van der Waals surface area contributed by atoms with Gasteiger partial charge in [0, 0.05) is 25.2 Å². The third-order valence-corrected chi connectivity index (χ3v) is 3.73. The zero-order chi connectivity index (χ0) is 12.4. The van der Waals surface area contributed by atoms with Crippen molar-refractivity contribution in [1.29, 1.82) is 5.41 Å². The minimum atomic E-state index is 0.139. The van der Waals surface area contributed by atoms with Gasteiger partial charge in [-0.05, 0) is 17.4 Å². The minimum Gasteiger partial charge on any atom is -0.384 e. The van der Waals surface area contributed by atoms with Gasteiger partial charge in [-0.25, -0.2) is 0 Å². The molecular weight excluding hydrogens is 210 g/mol. The van der Waals surface area contributed by atoms with Crippen LogP contribution in [-0.4, -0.2) is 23.8 Å². The van der Waals surface area contributed by atoms with Crippen LogP contribution in [0.4, 0.5) is 0 Å². The maximum absolute atomic E-state index is 7.35. The summed E-state index contributed by atoms with van der Waals surface area (Å²) in [7, 11) is 0. The van der Waals surface area contributed by atoms with Gasteiger partial charge in [-0.3, -0.25) is 10.3 Å². The summed E-state index contributed by atoms with van der Waals surface area (Å²) >= 11 is 0. The fraction of sp³-hybridized carbons (Fsp3) is 0.500. The Balaban J connectivity index is 1.98. The molecule has 0 radical (unpaired) electrons. The Morgan fingerprint density at radius 3 is 2.24 bits per heavy atom. The van der Waals surface area contributed by atoms with Gasteiger partial charge < -0.3 is 5.73 Å². The van der Waals surface area contributed by atoms with Gasteiger partial charge in [0.2, 0.25) is 0 Å². The molecule has 2 atom stereocenters. The summed E-state index contributed by atoms with van der Waals surface area (Å²) in [5, 5.41) is 7.35. The van der Waals surface area contributed by atoms with Gasteiger partial charge in [-0.2, -0.15) is 0 Å². The molecule has 1 aromatic rings. The molecule has 3 heteroatoms. The van der Waals surface area contributed by atoms with Gasteiger partial charge in [0.05, 0.1) is 0 Å². The molecule has 0 saturated carbocycles. The molecule has 2 rings (SSSR count). The Hall–Kier alpha value is -1.35. The Labute approximate surface area is 103 Å². The number of benzene rings is 1. The normalized spacial score (nSPS) is 25.1. The molecule has 1 fully saturated rings. The molecule has 0 bridgehead atoms. The van der Waals surface area contributed by atoms with Crippen LogP contribution in [0.25, 0.3) is 0 Å². The Bertz CT molecular complexity index is 386. The van der Waals surface area contributed by atoms with Crippen molar-refractivity contribution < 1.29 is 0 Å². The standard InChI is InChI=1S/C14H21N3/c1-10-7-17(8-11(10)2)9-12-3-5-13(6-4-12)14(15)16/h3-6,10-11H,7-9H2,1-2H3,(H3,15,16). The second-order valence-corrected chi connectivity index (χ2v) is 5.26. The summed E-state index contributed by atoms with van der Waals surface area (Å²) in [6, 6.07) is 8.01. The number of likely N-dealkylation sites (tertiary alicyclic amines) is 1. The van der Waals surface area contributed by atoms with E-state index in [1.165, 1.54) is 18.7 Å². The van der Waals surface area contributed by atoms with E-state index in [2.05, 4.69) is 30.9 Å². The van der Waals surface area contributed by atoms with E-state index in [1.54, 1.807) is 0 Å². The zero-order valence-electron chi connectivity index (χ0n) is 10.6. The van der Waals surface area contributed by atoms with Gasteiger partial charge >= 0.3 is 0 Å². The van der Waals surface area contributed by atoms with Crippen LogP contribution < -0.4 is 5.73 Å². The van der Waals surface area contributed by atoms with Crippen molar-refractivity contribution >= 4 is 5.84 Å². The minimum absolute atomic E-state index is 0.139. The lowest BCUT2D eigenvalue weighted by Crippen LogP contribution is -2.20. The smallest absolute Gasteiger partial charge is 0.122 e. The lowest BCUT2D eigenvalue weighted by molar-refractivity contribution is 0.316. The van der Waals surface area contributed by atoms with Crippen molar-refractivity contribution in [3.8, 4) is 0 Å². The fourth-order valence-corrected chi connectivity index (χ4v) is 2.43. The molecule has 92 valence electrons. The summed E-state index contributed by atoms with van der Waals surface area (Å²) < 4.78 is 0. The molecule has 0 spiro atoms. The summed E-state index contributed by atoms with van der Waals surface area (Å²) in [5.74, 6) is 1.73. The van der Waals surface area contributed by atoms with Crippen molar-refractivity contribution in [1.82, 2.24) is 4.90 Å². The van der Waals surface area contributed by atoms with Crippen LogP contribution in [0.5, 0.6) is 0 Å². The first-order valence-corrected chi connectivity index (χ1v) is 6.22. The number of amidine groups is 1. The molecule has 1 saturated heterocycles. The molecule has 1 aliphatic heterocycles. The topological polar surface area (TPSA) is 53.1 Å². The second-order valence-electron chi connectivity index (χ2n) is 5.26. The molecular formula is C14H21N3. The summed E-state index contributed by atoms with van der Waals surface area (Å²) in [4.78, 5) is 2.50. The van der Waals surface area contributed by atoms with Gasteiger partial charge in [0.1, 0.15) is 5.84 Å². The van der Waals surface area contributed by atoms with E-state index >= 15 is 0 Å². The van der Waals surface area contributed by atoms with Crippen molar-refractivity contribution in [3.63, 3.8) is 0 Å². The van der Waals surface area contributed by atoms with Crippen LogP contribution in [0.1, 0.15) is 25.0 Å². The van der Waals surface area contributed by atoms with E-state index in [-0.39, 0.29) is 5.84 Å². The molecule has 2 unspecified atom stereocenters. The average molecular weight is 231 g/mol. The summed E-state index contributed by atoms with van der Waals surface area (Å²) in [6.45, 7) is 8.03. The SMILES string of the molecule is CC1CN(Cc2ccc(C(=N)N)cc2)CC1C. The number of nitrogens with one attached hydrogen (secondary N) is 1. The number of nitrogen functional groups attached to an aromatic ring is 1. The zero-order valence-corrected chi connectivity index (χ0v) is 10.6. The molecule has 17 heavy (non-hydrogen) atoms. The first kappa shape index (κ1) is 12.1. The Morgan fingerprint density at radius 2 is 1.76 bits per heavy atom. The number of hydrogen-bond donors (Lipinski definition) is 2. The molecule has 0 aliphatic carbocycles. The van der Waals surface area contributed by atoms with Crippen LogP contribution in [0.15, 0.2) is 24.3 Å². The lowest BCUT2D eigenvalue weighted by Gasteiger charge is -2.15. The quantitative estimate of drug-likeness (QED) is 0.618. The Morgan fingerprint density at radius 1 is 1.24 bits per heavy atom. The van der Waals surface area contributed by atoms with Gasteiger partial charge in [-0.15, -0.1) is 0 Å². The van der Waals surface area contributed by atoms with Crippen molar-refractivity contribution in [2.24, 2.45) is 17.6 Å². The molecule has 3 nitrogen and oxygen atoms in total. The third kappa shape index (κ3) is 2.86. The first-order valence-electron chi connectivity index (χ1n) is 6.22. The van der Waals surface area contributed by atoms with Crippen molar-refractivity contribution in [2.45, 2.75) is 20.4 Å². The van der Waals surface area contributed by atoms with Crippen LogP contribution >= 0.6 is 0 Å². The molecule has 1 heterocycles. The maximum Gasteiger partial charge on any atom is 0.122 e. The number of hydrogen-bond acceptors (Lipinski definition) is 2. The van der Waals surface area contributed by atoms with E-state index in [1.807, 2.05) is 12.1 Å². The number of nitrogens with two attached hydrogens (primary N) is 1. The molecule has 0 aromatic heterocycles. The van der Waals surface area contributed by atoms with Crippen molar-refractivity contribution in [3.05, 3.63) is 35.4 Å². The van der Waals surface area contributed by atoms with E-state index < -0.39 is 0 Å². The van der Waals surface area contributed by atoms with Crippen LogP contribution in [0.3, 0.4) is 0 Å². The monoisotopic (exact) mass is 231 g/mol. The molecule has 3 N–H and O–H groups in total. The highest BCUT2D eigenvalue weighted by molar-refractivity contribution is 5.94. The van der Waals surface area contributed by atoms with E-state index in [0.717, 1.165) is 23.9 Å². The maximum atomic E-state index is 7.35. The predicted molar refractivity (Wildman–Crippen MR) is 71.1 cm³/mol. The largest absolute Gasteiger partial charge is 0.384 e. The summed E-state index contributed by atoms with van der Waals surface area (Å²) in [5.41, 5.74) is 7.54. The van der Waals surface area contributed by atoms with Crippen LogP contribution in [0, 0.1) is 17.2 Å². The molecule has 1 aromatic carbocycles. The Kier molecular flexibility index (Phi) is 3.48. The number of nitrogens with zero attached hydrogens (tertiary/aromatic N) is 1. The first-order chi connectivity index (χ1) is 8.06. The van der Waals surface area contributed by atoms with Gasteiger partial charge in [0.15, 0.2) is 0 Å². The fourth-order valence-electron chi connectivity index (χ4n) is 2.43. The van der Waals surface area contributed by atoms with E-state index in [0.29, 0.717) is 0 Å². The highest BCUT2D eigenvalue weighted by Crippen LogP contribution is 2.23. The number of rotatable bonds is 3. The second kappa shape index (κ2) is 4.88. The van der Waals surface area contributed by atoms with Crippen LogP contribution in [0.2, 0.25) is 0 Å². The lowest BCUT2D eigenvalue weighted by atomic mass is 10.0. The average Bonchev–Trinajstić information content (AvgIpc) is 2.58. The molecule has 0 amide bonds. The van der Waals surface area contributed by atoms with E-state index in [9.17, 15) is 0 Å². The van der Waals surface area contributed by atoms with Gasteiger partial charge in [-0.1, -0.05) is 38.1 Å². The molecule has 1 aliphatic rings. The van der Waals surface area contributed by atoms with Gasteiger partial charge in [0.25, 0.3) is 0 Å². The highest BCUT2D eigenvalue weighted by Gasteiger charge is 2.25. The highest BCUT2D eigenvalue weighted by atomic mass is 15.1. The summed E-state index contributed by atoms with van der Waals surface area (Å²) in [6.07, 6.45) is 0. The van der Waals surface area contributed by atoms with E-state index in [4.69, 9.17) is 11.1 Å². The third-order valence-electron chi connectivity index (χ3n) is 3.73. The van der Waals surface area contributed by atoms with Crippen molar-refractivity contribution in [2.75, 3.05) is 13.1 Å².